The summed E-state index contributed by atoms with van der Waals surface area (Å²) >= 11 is 0. The second-order valence-corrected chi connectivity index (χ2v) is 10.3. The van der Waals surface area contributed by atoms with Gasteiger partial charge < -0.3 is 36.4 Å². The van der Waals surface area contributed by atoms with Gasteiger partial charge in [-0.2, -0.15) is 0 Å². The summed E-state index contributed by atoms with van der Waals surface area (Å²) < 4.78 is 0. The molecule has 1 aliphatic rings. The van der Waals surface area contributed by atoms with E-state index in [1.165, 1.54) is 0 Å². The maximum Gasteiger partial charge on any atom is 0.303 e. The van der Waals surface area contributed by atoms with Gasteiger partial charge in [-0.3, -0.25) is 19.3 Å². The van der Waals surface area contributed by atoms with Gasteiger partial charge in [-0.15, -0.1) is 0 Å². The second kappa shape index (κ2) is 24.3. The molecule has 1 heterocycles. The molecule has 0 aromatic rings. The first-order chi connectivity index (χ1) is 18.1. The van der Waals surface area contributed by atoms with Gasteiger partial charge in [0.2, 0.25) is 0 Å². The number of nitrogens with zero attached hydrogens (tertiary/aromatic N) is 1. The van der Waals surface area contributed by atoms with E-state index in [1.807, 2.05) is 13.8 Å². The van der Waals surface area contributed by atoms with Gasteiger partial charge in [-0.05, 0) is 44.4 Å². The molecular weight excluding hydrogens is 492 g/mol. The SMILES string of the molecule is CC(O)CN1CCNCCNCCNCC1.CCCC(CCC(CCCCC(=O)O)CC(=O)O)CC(=O)O. The number of carbonyl (C=O) groups is 3. The number of β-amino-alcohol motifs (C(OH)–C–C–N with tert-alkyl or cyclic N) is 1. The molecule has 11 nitrogen and oxygen atoms in total. The number of rotatable bonds is 16. The zero-order valence-corrected chi connectivity index (χ0v) is 23.6. The van der Waals surface area contributed by atoms with Gasteiger partial charge in [0.05, 0.1) is 6.10 Å². The molecule has 3 unspecified atom stereocenters. The fourth-order valence-electron chi connectivity index (χ4n) is 4.65. The molecule has 1 rings (SSSR count). The Hall–Kier alpha value is -1.79. The lowest BCUT2D eigenvalue weighted by Crippen LogP contribution is -2.43. The molecule has 0 amide bonds. The summed E-state index contributed by atoms with van der Waals surface area (Å²) in [4.78, 5) is 34.5. The predicted molar refractivity (Wildman–Crippen MR) is 148 cm³/mol. The van der Waals surface area contributed by atoms with Gasteiger partial charge in [-0.25, -0.2) is 0 Å². The summed E-state index contributed by atoms with van der Waals surface area (Å²) in [6.45, 7) is 12.7. The van der Waals surface area contributed by atoms with Gasteiger partial charge >= 0.3 is 17.9 Å². The first-order valence-corrected chi connectivity index (χ1v) is 14.3. The smallest absolute Gasteiger partial charge is 0.303 e. The molecule has 1 saturated heterocycles. The van der Waals surface area contributed by atoms with Crippen molar-refractivity contribution in [3.8, 4) is 0 Å². The van der Waals surface area contributed by atoms with Crippen LogP contribution in [-0.4, -0.2) is 108 Å². The summed E-state index contributed by atoms with van der Waals surface area (Å²) in [5, 5.41) is 46.0. The quantitative estimate of drug-likeness (QED) is 0.141. The predicted octanol–water partition coefficient (Wildman–Crippen LogP) is 1.85. The summed E-state index contributed by atoms with van der Waals surface area (Å²) in [6, 6.07) is 0. The molecule has 0 radical (unpaired) electrons. The van der Waals surface area contributed by atoms with E-state index in [9.17, 15) is 19.5 Å². The molecule has 7 N–H and O–H groups in total. The highest BCUT2D eigenvalue weighted by molar-refractivity contribution is 5.67. The highest BCUT2D eigenvalue weighted by Crippen LogP contribution is 2.25. The molecule has 3 atom stereocenters. The van der Waals surface area contributed by atoms with Gasteiger partial charge in [-0.1, -0.05) is 26.2 Å². The van der Waals surface area contributed by atoms with Crippen molar-refractivity contribution in [1.29, 1.82) is 0 Å². The van der Waals surface area contributed by atoms with Crippen molar-refractivity contribution in [1.82, 2.24) is 20.9 Å². The Labute approximate surface area is 228 Å². The zero-order valence-electron chi connectivity index (χ0n) is 23.6. The molecule has 0 bridgehead atoms. The van der Waals surface area contributed by atoms with E-state index in [2.05, 4.69) is 20.9 Å². The number of nitrogens with one attached hydrogen (secondary N) is 3. The average Bonchev–Trinajstić information content (AvgIpc) is 2.81. The molecule has 0 aromatic carbocycles. The standard InChI is InChI=1S/C16H28O6.C11H26N4O/c1-2-5-12(10-15(19)20)8-9-13(11-16(21)22)6-3-4-7-14(17)18;1-11(16)10-15-8-6-13-4-2-12-3-5-14-7-9-15/h12-13H,2-11H2,1H3,(H,17,18)(H,19,20)(H,21,22);11-14,16H,2-10H2,1H3. The summed E-state index contributed by atoms with van der Waals surface area (Å²) in [6.07, 6.45) is 5.17. The van der Waals surface area contributed by atoms with Crippen molar-refractivity contribution in [2.24, 2.45) is 11.8 Å². The minimum Gasteiger partial charge on any atom is -0.481 e. The minimum atomic E-state index is -0.853. The third-order valence-corrected chi connectivity index (χ3v) is 6.55. The monoisotopic (exact) mass is 546 g/mol. The number of carboxylic acid groups (broad SMARTS) is 3. The fraction of sp³-hybridized carbons (Fsp3) is 0.889. The van der Waals surface area contributed by atoms with Crippen LogP contribution in [0.15, 0.2) is 0 Å². The third-order valence-electron chi connectivity index (χ3n) is 6.55. The van der Waals surface area contributed by atoms with Crippen LogP contribution in [0.5, 0.6) is 0 Å². The maximum atomic E-state index is 10.9. The van der Waals surface area contributed by atoms with E-state index < -0.39 is 17.9 Å². The molecule has 1 aliphatic heterocycles. The lowest BCUT2D eigenvalue weighted by molar-refractivity contribution is -0.139. The number of aliphatic hydroxyl groups is 1. The van der Waals surface area contributed by atoms with Crippen molar-refractivity contribution in [2.75, 3.05) is 58.9 Å². The van der Waals surface area contributed by atoms with E-state index >= 15 is 0 Å². The number of aliphatic hydroxyl groups excluding tert-OH is 1. The Morgan fingerprint density at radius 1 is 0.711 bits per heavy atom. The average molecular weight is 547 g/mol. The van der Waals surface area contributed by atoms with Crippen molar-refractivity contribution < 1.29 is 34.8 Å². The maximum absolute atomic E-state index is 10.9. The van der Waals surface area contributed by atoms with Crippen LogP contribution < -0.4 is 16.0 Å². The molecule has 0 aliphatic carbocycles. The Kier molecular flexibility index (Phi) is 23.1. The molecule has 0 aromatic heterocycles. The number of hydrogen-bond donors (Lipinski definition) is 7. The first-order valence-electron chi connectivity index (χ1n) is 14.3. The van der Waals surface area contributed by atoms with Crippen molar-refractivity contribution in [2.45, 2.75) is 84.2 Å². The van der Waals surface area contributed by atoms with Gasteiger partial charge in [0.15, 0.2) is 0 Å². The first kappa shape index (κ1) is 36.2. The molecule has 0 spiro atoms. The molecule has 38 heavy (non-hydrogen) atoms. The third kappa shape index (κ3) is 24.5. The van der Waals surface area contributed by atoms with Crippen molar-refractivity contribution in [3.63, 3.8) is 0 Å². The number of carboxylic acids is 3. The molecule has 11 heteroatoms. The van der Waals surface area contributed by atoms with Crippen molar-refractivity contribution in [3.05, 3.63) is 0 Å². The van der Waals surface area contributed by atoms with E-state index in [1.54, 1.807) is 0 Å². The van der Waals surface area contributed by atoms with Crippen LogP contribution in [0.25, 0.3) is 0 Å². The van der Waals surface area contributed by atoms with Crippen LogP contribution in [0.3, 0.4) is 0 Å². The van der Waals surface area contributed by atoms with Gasteiger partial charge in [0.25, 0.3) is 0 Å². The molecular formula is C27H54N4O7. The largest absolute Gasteiger partial charge is 0.481 e. The highest BCUT2D eigenvalue weighted by Gasteiger charge is 2.18. The number of unbranched alkanes of at least 4 members (excludes halogenated alkanes) is 1. The van der Waals surface area contributed by atoms with Crippen molar-refractivity contribution >= 4 is 17.9 Å². The van der Waals surface area contributed by atoms with Crippen LogP contribution >= 0.6 is 0 Å². The normalized spacial score (nSPS) is 18.1. The summed E-state index contributed by atoms with van der Waals surface area (Å²) in [5.41, 5.74) is 0. The summed E-state index contributed by atoms with van der Waals surface area (Å²) in [7, 11) is 0. The minimum absolute atomic E-state index is 0.000513. The van der Waals surface area contributed by atoms with E-state index in [0.29, 0.717) is 25.7 Å². The lowest BCUT2D eigenvalue weighted by Gasteiger charge is -2.24. The fourth-order valence-corrected chi connectivity index (χ4v) is 4.65. The highest BCUT2D eigenvalue weighted by atomic mass is 16.4. The van der Waals surface area contributed by atoms with Crippen LogP contribution in [0.4, 0.5) is 0 Å². The van der Waals surface area contributed by atoms with E-state index in [-0.39, 0.29) is 37.2 Å². The van der Waals surface area contributed by atoms with Crippen LogP contribution in [-0.2, 0) is 14.4 Å². The molecule has 1 fully saturated rings. The van der Waals surface area contributed by atoms with Crippen LogP contribution in [0.2, 0.25) is 0 Å². The topological polar surface area (TPSA) is 171 Å². The van der Waals surface area contributed by atoms with Gasteiger partial charge in [0, 0.05) is 78.2 Å². The second-order valence-electron chi connectivity index (χ2n) is 10.3. The molecule has 224 valence electrons. The Balaban J connectivity index is 0.000000755. The van der Waals surface area contributed by atoms with Crippen LogP contribution in [0.1, 0.15) is 78.1 Å². The molecule has 0 saturated carbocycles. The number of aliphatic carboxylic acids is 3. The van der Waals surface area contributed by atoms with Gasteiger partial charge in [0.1, 0.15) is 0 Å². The summed E-state index contributed by atoms with van der Waals surface area (Å²) in [5.74, 6) is -2.40. The van der Waals surface area contributed by atoms with E-state index in [0.717, 1.165) is 78.2 Å². The lowest BCUT2D eigenvalue weighted by atomic mass is 9.86. The Bertz CT molecular complexity index is 610. The number of hydrogen-bond acceptors (Lipinski definition) is 8. The Morgan fingerprint density at radius 2 is 1.18 bits per heavy atom. The van der Waals surface area contributed by atoms with Crippen LogP contribution in [0, 0.1) is 11.8 Å². The zero-order chi connectivity index (χ0) is 28.6. The Morgan fingerprint density at radius 3 is 1.61 bits per heavy atom. The van der Waals surface area contributed by atoms with E-state index in [4.69, 9.17) is 15.3 Å².